The number of primary amides is 1. The third-order valence-corrected chi connectivity index (χ3v) is 2.29. The summed E-state index contributed by atoms with van der Waals surface area (Å²) in [5, 5.41) is 2.73. The van der Waals surface area contributed by atoms with Gasteiger partial charge in [0.1, 0.15) is 0 Å². The van der Waals surface area contributed by atoms with Crippen molar-refractivity contribution >= 4 is 23.4 Å². The lowest BCUT2D eigenvalue weighted by Crippen LogP contribution is -2.30. The van der Waals surface area contributed by atoms with Crippen LogP contribution < -0.4 is 11.1 Å². The Balaban J connectivity index is 3.36. The zero-order chi connectivity index (χ0) is 11.0. The number of carbonyl (C=O) groups excluding carboxylic acids is 2. The third-order valence-electron chi connectivity index (χ3n) is 1.83. The Morgan fingerprint density at radius 1 is 1.43 bits per heavy atom. The molecule has 2 amide bonds. The van der Waals surface area contributed by atoms with Gasteiger partial charge in [0.25, 0.3) is 0 Å². The number of rotatable bonds is 7. The Morgan fingerprint density at radius 3 is 2.57 bits per heavy atom. The number of amides is 2. The van der Waals surface area contributed by atoms with Gasteiger partial charge in [-0.25, -0.2) is 0 Å². The van der Waals surface area contributed by atoms with Crippen molar-refractivity contribution in [1.82, 2.24) is 5.32 Å². The molecule has 0 aliphatic rings. The standard InChI is InChI=1S/C9H17ClN2O2/c1-7(6-10)9(14)12-5-3-2-4-8(11)13/h7H,2-6H2,1H3,(H2,11,13)(H,12,14). The van der Waals surface area contributed by atoms with Gasteiger partial charge in [-0.3, -0.25) is 9.59 Å². The summed E-state index contributed by atoms with van der Waals surface area (Å²) in [6.45, 7) is 2.35. The van der Waals surface area contributed by atoms with Gasteiger partial charge in [0.05, 0.1) is 0 Å². The van der Waals surface area contributed by atoms with E-state index in [1.165, 1.54) is 0 Å². The fourth-order valence-corrected chi connectivity index (χ4v) is 1.02. The minimum atomic E-state index is -0.301. The molecule has 0 heterocycles. The predicted molar refractivity (Wildman–Crippen MR) is 55.9 cm³/mol. The summed E-state index contributed by atoms with van der Waals surface area (Å²) in [5.41, 5.74) is 4.96. The highest BCUT2D eigenvalue weighted by Gasteiger charge is 2.09. The van der Waals surface area contributed by atoms with Crippen LogP contribution in [0.1, 0.15) is 26.2 Å². The summed E-state index contributed by atoms with van der Waals surface area (Å²) < 4.78 is 0. The van der Waals surface area contributed by atoms with Gasteiger partial charge in [-0.2, -0.15) is 0 Å². The first-order valence-electron chi connectivity index (χ1n) is 4.70. The quantitative estimate of drug-likeness (QED) is 0.488. The number of nitrogens with one attached hydrogen (secondary N) is 1. The Morgan fingerprint density at radius 2 is 2.07 bits per heavy atom. The minimum Gasteiger partial charge on any atom is -0.370 e. The number of unbranched alkanes of at least 4 members (excludes halogenated alkanes) is 1. The van der Waals surface area contributed by atoms with E-state index in [2.05, 4.69) is 5.32 Å². The smallest absolute Gasteiger partial charge is 0.224 e. The second-order valence-corrected chi connectivity index (χ2v) is 3.58. The summed E-state index contributed by atoms with van der Waals surface area (Å²) in [6, 6.07) is 0. The van der Waals surface area contributed by atoms with Crippen LogP contribution in [0, 0.1) is 5.92 Å². The van der Waals surface area contributed by atoms with E-state index in [9.17, 15) is 9.59 Å². The van der Waals surface area contributed by atoms with E-state index < -0.39 is 0 Å². The molecule has 0 spiro atoms. The van der Waals surface area contributed by atoms with E-state index in [1.807, 2.05) is 0 Å². The summed E-state index contributed by atoms with van der Waals surface area (Å²) in [6.07, 6.45) is 1.86. The molecule has 5 heteroatoms. The maximum atomic E-state index is 11.2. The molecule has 0 saturated carbocycles. The molecule has 0 aromatic rings. The zero-order valence-electron chi connectivity index (χ0n) is 8.38. The topological polar surface area (TPSA) is 72.2 Å². The van der Waals surface area contributed by atoms with Gasteiger partial charge < -0.3 is 11.1 Å². The molecule has 1 unspecified atom stereocenters. The van der Waals surface area contributed by atoms with Crippen LogP contribution in [-0.4, -0.2) is 24.2 Å². The molecule has 0 aromatic heterocycles. The van der Waals surface area contributed by atoms with Crippen molar-refractivity contribution in [1.29, 1.82) is 0 Å². The molecule has 0 rings (SSSR count). The minimum absolute atomic E-state index is 0.0425. The van der Waals surface area contributed by atoms with Crippen LogP contribution in [0.4, 0.5) is 0 Å². The number of hydrogen-bond acceptors (Lipinski definition) is 2. The van der Waals surface area contributed by atoms with E-state index in [1.54, 1.807) is 6.92 Å². The van der Waals surface area contributed by atoms with Crippen LogP contribution in [0.5, 0.6) is 0 Å². The van der Waals surface area contributed by atoms with Crippen molar-refractivity contribution in [2.24, 2.45) is 11.7 Å². The van der Waals surface area contributed by atoms with Crippen molar-refractivity contribution in [3.63, 3.8) is 0 Å². The van der Waals surface area contributed by atoms with Gasteiger partial charge in [0.15, 0.2) is 0 Å². The highest BCUT2D eigenvalue weighted by Crippen LogP contribution is 1.98. The Bertz CT molecular complexity index is 197. The van der Waals surface area contributed by atoms with Crippen LogP contribution in [0.25, 0.3) is 0 Å². The molecule has 3 N–H and O–H groups in total. The highest BCUT2D eigenvalue weighted by molar-refractivity contribution is 6.19. The largest absolute Gasteiger partial charge is 0.370 e. The number of hydrogen-bond donors (Lipinski definition) is 2. The molecule has 0 bridgehead atoms. The molecule has 0 saturated heterocycles. The lowest BCUT2D eigenvalue weighted by atomic mass is 10.2. The third kappa shape index (κ3) is 6.71. The lowest BCUT2D eigenvalue weighted by Gasteiger charge is -2.08. The molecule has 0 aromatic carbocycles. The number of alkyl halides is 1. The Kier molecular flexibility index (Phi) is 7.20. The monoisotopic (exact) mass is 220 g/mol. The molecule has 1 atom stereocenters. The van der Waals surface area contributed by atoms with E-state index in [0.717, 1.165) is 6.42 Å². The average Bonchev–Trinajstić information content (AvgIpc) is 2.15. The molecule has 14 heavy (non-hydrogen) atoms. The SMILES string of the molecule is CC(CCl)C(=O)NCCCCC(N)=O. The van der Waals surface area contributed by atoms with Crippen LogP contribution in [0.2, 0.25) is 0 Å². The van der Waals surface area contributed by atoms with Gasteiger partial charge in [0, 0.05) is 24.8 Å². The first-order valence-corrected chi connectivity index (χ1v) is 5.23. The number of nitrogens with two attached hydrogens (primary N) is 1. The molecule has 4 nitrogen and oxygen atoms in total. The summed E-state index contributed by atoms with van der Waals surface area (Å²) in [4.78, 5) is 21.6. The predicted octanol–water partition coefficient (Wildman–Crippen LogP) is 0.633. The summed E-state index contributed by atoms with van der Waals surface area (Å²) in [5.74, 6) is -0.176. The Hall–Kier alpha value is -0.770. The molecule has 0 fully saturated rings. The van der Waals surface area contributed by atoms with Gasteiger partial charge in [-0.05, 0) is 12.8 Å². The normalized spacial score (nSPS) is 12.1. The van der Waals surface area contributed by atoms with Crippen molar-refractivity contribution in [2.45, 2.75) is 26.2 Å². The maximum Gasteiger partial charge on any atom is 0.224 e. The maximum absolute atomic E-state index is 11.2. The van der Waals surface area contributed by atoms with Crippen LogP contribution in [0.3, 0.4) is 0 Å². The van der Waals surface area contributed by atoms with Gasteiger partial charge in [-0.15, -0.1) is 11.6 Å². The molecular weight excluding hydrogens is 204 g/mol. The van der Waals surface area contributed by atoms with E-state index >= 15 is 0 Å². The number of halogens is 1. The second-order valence-electron chi connectivity index (χ2n) is 3.27. The van der Waals surface area contributed by atoms with Crippen molar-refractivity contribution in [3.8, 4) is 0 Å². The second kappa shape index (κ2) is 7.62. The molecule has 0 aliphatic heterocycles. The molecule has 0 aliphatic carbocycles. The van der Waals surface area contributed by atoms with Gasteiger partial charge in [0.2, 0.25) is 11.8 Å². The van der Waals surface area contributed by atoms with Gasteiger partial charge >= 0.3 is 0 Å². The molecule has 82 valence electrons. The fraction of sp³-hybridized carbons (Fsp3) is 0.778. The van der Waals surface area contributed by atoms with E-state index in [0.29, 0.717) is 25.3 Å². The lowest BCUT2D eigenvalue weighted by molar-refractivity contribution is -0.123. The summed E-state index contributed by atoms with van der Waals surface area (Å²) in [7, 11) is 0. The molecule has 0 radical (unpaired) electrons. The summed E-state index contributed by atoms with van der Waals surface area (Å²) >= 11 is 5.51. The fourth-order valence-electron chi connectivity index (χ4n) is 0.880. The molecular formula is C9H17ClN2O2. The first kappa shape index (κ1) is 13.2. The van der Waals surface area contributed by atoms with Crippen LogP contribution in [0.15, 0.2) is 0 Å². The van der Waals surface area contributed by atoms with Crippen molar-refractivity contribution in [3.05, 3.63) is 0 Å². The van der Waals surface area contributed by atoms with E-state index in [-0.39, 0.29) is 17.7 Å². The van der Waals surface area contributed by atoms with E-state index in [4.69, 9.17) is 17.3 Å². The number of carbonyl (C=O) groups is 2. The zero-order valence-corrected chi connectivity index (χ0v) is 9.14. The van der Waals surface area contributed by atoms with Crippen LogP contribution in [-0.2, 0) is 9.59 Å². The van der Waals surface area contributed by atoms with Crippen LogP contribution >= 0.6 is 11.6 Å². The average molecular weight is 221 g/mol. The van der Waals surface area contributed by atoms with Crippen molar-refractivity contribution < 1.29 is 9.59 Å². The highest BCUT2D eigenvalue weighted by atomic mass is 35.5. The van der Waals surface area contributed by atoms with Gasteiger partial charge in [-0.1, -0.05) is 6.92 Å². The first-order chi connectivity index (χ1) is 6.57. The Labute approximate surface area is 89.2 Å². The van der Waals surface area contributed by atoms with Crippen molar-refractivity contribution in [2.75, 3.05) is 12.4 Å².